The van der Waals surface area contributed by atoms with Crippen molar-refractivity contribution in [3.8, 4) is 0 Å². The highest BCUT2D eigenvalue weighted by atomic mass is 32.2. The maximum absolute atomic E-state index is 12.2. The molecule has 2 aromatic carbocycles. The lowest BCUT2D eigenvalue weighted by atomic mass is 9.97. The minimum Gasteiger partial charge on any atom is -0.367 e. The highest BCUT2D eigenvalue weighted by Gasteiger charge is 2.33. The van der Waals surface area contributed by atoms with Gasteiger partial charge in [0.2, 0.25) is 0 Å². The van der Waals surface area contributed by atoms with Gasteiger partial charge in [-0.3, -0.25) is 10.1 Å². The van der Waals surface area contributed by atoms with Crippen molar-refractivity contribution in [3.63, 3.8) is 0 Å². The van der Waals surface area contributed by atoms with Crippen molar-refractivity contribution in [3.05, 3.63) is 64.2 Å². The van der Waals surface area contributed by atoms with Gasteiger partial charge in [0.1, 0.15) is 0 Å². The molecule has 6 nitrogen and oxygen atoms in total. The van der Waals surface area contributed by atoms with Crippen LogP contribution in [0.5, 0.6) is 0 Å². The third-order valence-corrected chi connectivity index (χ3v) is 5.83. The maximum Gasteiger partial charge on any atom is 0.270 e. The summed E-state index contributed by atoms with van der Waals surface area (Å²) < 4.78 is 24.4. The molecule has 2 atom stereocenters. The van der Waals surface area contributed by atoms with E-state index in [1.54, 1.807) is 6.07 Å². The van der Waals surface area contributed by atoms with Crippen LogP contribution in [0.2, 0.25) is 0 Å². The number of anilines is 1. The van der Waals surface area contributed by atoms with Gasteiger partial charge in [0.05, 0.1) is 15.5 Å². The third kappa shape index (κ3) is 3.51. The zero-order chi connectivity index (χ0) is 18.2. The highest BCUT2D eigenvalue weighted by Crippen LogP contribution is 2.38. The molecule has 0 spiro atoms. The fraction of sp³-hybridized carbons (Fsp3) is 0.333. The van der Waals surface area contributed by atoms with E-state index in [1.807, 2.05) is 23.1 Å². The number of nitro benzene ring substituents is 1. The number of nitrogens with zero attached hydrogens (tertiary/aromatic N) is 2. The first-order chi connectivity index (χ1) is 11.8. The minimum atomic E-state index is -3.58. The summed E-state index contributed by atoms with van der Waals surface area (Å²) in [7, 11) is -3.58. The molecule has 2 aromatic rings. The van der Waals surface area contributed by atoms with Gasteiger partial charge in [-0.05, 0) is 25.0 Å². The molecular weight excluding hydrogens is 340 g/mol. The first kappa shape index (κ1) is 17.4. The Morgan fingerprint density at radius 3 is 2.44 bits per heavy atom. The Balaban J connectivity index is 2.00. The molecule has 0 bridgehead atoms. The van der Waals surface area contributed by atoms with Crippen LogP contribution >= 0.6 is 0 Å². The van der Waals surface area contributed by atoms with Gasteiger partial charge < -0.3 is 4.90 Å². The van der Waals surface area contributed by atoms with Crippen LogP contribution < -0.4 is 4.90 Å². The summed E-state index contributed by atoms with van der Waals surface area (Å²) in [5.41, 5.74) is 1.55. The molecule has 1 heterocycles. The summed E-state index contributed by atoms with van der Waals surface area (Å²) >= 11 is 0. The number of hydrogen-bond acceptors (Lipinski definition) is 5. The molecule has 0 aromatic heterocycles. The number of hydrogen-bond donors (Lipinski definition) is 0. The quantitative estimate of drug-likeness (QED) is 0.617. The van der Waals surface area contributed by atoms with Gasteiger partial charge in [0.25, 0.3) is 5.69 Å². The standard InChI is InChI=1S/C18H20N2O4S/c1-13-10-15(14-6-4-3-5-7-14)12-19(13)17-9-8-16(20(21)22)11-18(17)25(2,23)24/h3-9,11,13,15H,10,12H2,1-2H3. The van der Waals surface area contributed by atoms with Gasteiger partial charge in [-0.15, -0.1) is 0 Å². The number of benzene rings is 2. The molecule has 1 saturated heterocycles. The Labute approximate surface area is 147 Å². The van der Waals surface area contributed by atoms with E-state index in [-0.39, 0.29) is 16.6 Å². The van der Waals surface area contributed by atoms with Crippen LogP contribution in [0.1, 0.15) is 24.8 Å². The van der Waals surface area contributed by atoms with Gasteiger partial charge >= 0.3 is 0 Å². The van der Waals surface area contributed by atoms with Crippen LogP contribution in [-0.4, -0.2) is 32.2 Å². The SMILES string of the molecule is CC1CC(c2ccccc2)CN1c1ccc([N+](=O)[O-])cc1S(C)(=O)=O. The van der Waals surface area contributed by atoms with Gasteiger partial charge in [0, 0.05) is 36.9 Å². The monoisotopic (exact) mass is 360 g/mol. The Bertz CT molecular complexity index is 897. The maximum atomic E-state index is 12.2. The zero-order valence-electron chi connectivity index (χ0n) is 14.1. The molecule has 3 rings (SSSR count). The lowest BCUT2D eigenvalue weighted by Gasteiger charge is -2.26. The number of rotatable bonds is 4. The fourth-order valence-corrected chi connectivity index (χ4v) is 4.38. The Morgan fingerprint density at radius 1 is 1.16 bits per heavy atom. The Morgan fingerprint density at radius 2 is 1.84 bits per heavy atom. The fourth-order valence-electron chi connectivity index (χ4n) is 3.48. The molecule has 132 valence electrons. The molecular formula is C18H20N2O4S. The second-order valence-electron chi connectivity index (χ2n) is 6.53. The van der Waals surface area contributed by atoms with Crippen molar-refractivity contribution in [1.82, 2.24) is 0 Å². The molecule has 0 aliphatic carbocycles. The second-order valence-corrected chi connectivity index (χ2v) is 8.51. The molecule has 1 aliphatic heterocycles. The first-order valence-electron chi connectivity index (χ1n) is 8.07. The van der Waals surface area contributed by atoms with Crippen LogP contribution in [-0.2, 0) is 9.84 Å². The molecule has 1 aliphatic rings. The van der Waals surface area contributed by atoms with Crippen molar-refractivity contribution in [2.45, 2.75) is 30.2 Å². The summed E-state index contributed by atoms with van der Waals surface area (Å²) in [6, 6.07) is 14.3. The van der Waals surface area contributed by atoms with Crippen molar-refractivity contribution in [2.75, 3.05) is 17.7 Å². The number of sulfone groups is 1. The molecule has 0 saturated carbocycles. The summed E-state index contributed by atoms with van der Waals surface area (Å²) in [6.45, 7) is 2.74. The predicted octanol–water partition coefficient (Wildman–Crippen LogP) is 3.38. The summed E-state index contributed by atoms with van der Waals surface area (Å²) in [5.74, 6) is 0.304. The van der Waals surface area contributed by atoms with Crippen LogP contribution in [0.25, 0.3) is 0 Å². The van der Waals surface area contributed by atoms with E-state index in [9.17, 15) is 18.5 Å². The number of nitro groups is 1. The topological polar surface area (TPSA) is 80.5 Å². The van der Waals surface area contributed by atoms with E-state index >= 15 is 0 Å². The zero-order valence-corrected chi connectivity index (χ0v) is 14.9. The van der Waals surface area contributed by atoms with E-state index in [4.69, 9.17) is 0 Å². The second kappa shape index (κ2) is 6.48. The summed E-state index contributed by atoms with van der Waals surface area (Å²) in [4.78, 5) is 12.5. The molecule has 2 unspecified atom stereocenters. The lowest BCUT2D eigenvalue weighted by Crippen LogP contribution is -2.28. The van der Waals surface area contributed by atoms with Crippen molar-refractivity contribution >= 4 is 21.2 Å². The van der Waals surface area contributed by atoms with Crippen LogP contribution in [0.4, 0.5) is 11.4 Å². The van der Waals surface area contributed by atoms with E-state index in [0.29, 0.717) is 18.2 Å². The van der Waals surface area contributed by atoms with Crippen molar-refractivity contribution in [1.29, 1.82) is 0 Å². The smallest absolute Gasteiger partial charge is 0.270 e. The molecule has 0 N–H and O–H groups in total. The van der Waals surface area contributed by atoms with Gasteiger partial charge in [-0.1, -0.05) is 30.3 Å². The molecule has 7 heteroatoms. The molecule has 25 heavy (non-hydrogen) atoms. The molecule has 0 amide bonds. The normalized spacial score (nSPS) is 20.6. The highest BCUT2D eigenvalue weighted by molar-refractivity contribution is 7.90. The average molecular weight is 360 g/mol. The van der Waals surface area contributed by atoms with Gasteiger partial charge in [0.15, 0.2) is 9.84 Å². The van der Waals surface area contributed by atoms with Crippen LogP contribution in [0.15, 0.2) is 53.4 Å². The summed E-state index contributed by atoms with van der Waals surface area (Å²) in [5, 5.41) is 11.0. The van der Waals surface area contributed by atoms with Gasteiger partial charge in [-0.2, -0.15) is 0 Å². The van der Waals surface area contributed by atoms with Crippen LogP contribution in [0, 0.1) is 10.1 Å². The van der Waals surface area contributed by atoms with Crippen molar-refractivity contribution < 1.29 is 13.3 Å². The third-order valence-electron chi connectivity index (χ3n) is 4.71. The Hall–Kier alpha value is -2.41. The average Bonchev–Trinajstić information content (AvgIpc) is 2.96. The van der Waals surface area contributed by atoms with E-state index < -0.39 is 14.8 Å². The first-order valence-corrected chi connectivity index (χ1v) is 9.96. The van der Waals surface area contributed by atoms with Gasteiger partial charge in [-0.25, -0.2) is 8.42 Å². The molecule has 0 radical (unpaired) electrons. The van der Waals surface area contributed by atoms with Crippen molar-refractivity contribution in [2.24, 2.45) is 0 Å². The van der Waals surface area contributed by atoms with E-state index in [0.717, 1.165) is 18.7 Å². The predicted molar refractivity (Wildman–Crippen MR) is 96.8 cm³/mol. The minimum absolute atomic E-state index is 0.0160. The van der Waals surface area contributed by atoms with E-state index in [1.165, 1.54) is 11.6 Å². The number of non-ortho nitro benzene ring substituents is 1. The lowest BCUT2D eigenvalue weighted by molar-refractivity contribution is -0.385. The molecule has 1 fully saturated rings. The van der Waals surface area contributed by atoms with E-state index in [2.05, 4.69) is 19.1 Å². The van der Waals surface area contributed by atoms with Crippen LogP contribution in [0.3, 0.4) is 0 Å². The Kier molecular flexibility index (Phi) is 4.51. The summed E-state index contributed by atoms with van der Waals surface area (Å²) in [6.07, 6.45) is 2.00. The largest absolute Gasteiger partial charge is 0.367 e.